The zero-order chi connectivity index (χ0) is 12.3. The zero-order valence-corrected chi connectivity index (χ0v) is 11.2. The molecule has 18 heavy (non-hydrogen) atoms. The Morgan fingerprint density at radius 2 is 1.89 bits per heavy atom. The molecule has 0 aliphatic carbocycles. The van der Waals surface area contributed by atoms with E-state index in [1.807, 2.05) is 24.3 Å². The lowest BCUT2D eigenvalue weighted by Gasteiger charge is -2.09. The number of thiazole rings is 1. The van der Waals surface area contributed by atoms with Gasteiger partial charge in [-0.3, -0.25) is 0 Å². The summed E-state index contributed by atoms with van der Waals surface area (Å²) in [6, 6.07) is 7.28. The molecule has 0 fully saturated rings. The topological polar surface area (TPSA) is 79.4 Å². The lowest BCUT2D eigenvalue weighted by Crippen LogP contribution is -2.14. The Bertz CT molecular complexity index is 487. The van der Waals surface area contributed by atoms with Crippen LogP contribution in [0.3, 0.4) is 0 Å². The van der Waals surface area contributed by atoms with Gasteiger partial charge in [0.05, 0.1) is 35.3 Å². The quantitative estimate of drug-likeness (QED) is 0.799. The Hall–Kier alpha value is -0.980. The summed E-state index contributed by atoms with van der Waals surface area (Å²) in [7, 11) is 0. The SMILES string of the molecule is Cl.NC(CO)c1ccc(-c2scnc2CO)cc1. The fourth-order valence-electron chi connectivity index (χ4n) is 1.60. The van der Waals surface area contributed by atoms with Gasteiger partial charge in [-0.2, -0.15) is 0 Å². The molecule has 98 valence electrons. The van der Waals surface area contributed by atoms with Crippen LogP contribution in [-0.4, -0.2) is 21.8 Å². The summed E-state index contributed by atoms with van der Waals surface area (Å²) in [6.45, 7) is -0.126. The Kier molecular flexibility index (Phi) is 5.71. The average Bonchev–Trinajstić information content (AvgIpc) is 2.86. The minimum Gasteiger partial charge on any atom is -0.394 e. The van der Waals surface area contributed by atoms with Crippen LogP contribution in [0.25, 0.3) is 10.4 Å². The van der Waals surface area contributed by atoms with E-state index in [1.54, 1.807) is 5.51 Å². The van der Waals surface area contributed by atoms with Crippen molar-refractivity contribution in [3.63, 3.8) is 0 Å². The molecule has 0 saturated heterocycles. The summed E-state index contributed by atoms with van der Waals surface area (Å²) < 4.78 is 0. The summed E-state index contributed by atoms with van der Waals surface area (Å²) in [4.78, 5) is 5.06. The summed E-state index contributed by atoms with van der Waals surface area (Å²) in [6.07, 6.45) is 0. The van der Waals surface area contributed by atoms with Crippen molar-refractivity contribution < 1.29 is 10.2 Å². The first-order valence-corrected chi connectivity index (χ1v) is 6.14. The third-order valence-electron chi connectivity index (χ3n) is 2.59. The molecule has 0 aliphatic rings. The van der Waals surface area contributed by atoms with Gasteiger partial charge in [-0.25, -0.2) is 4.98 Å². The summed E-state index contributed by atoms with van der Waals surface area (Å²) >= 11 is 1.50. The Morgan fingerprint density at radius 1 is 1.22 bits per heavy atom. The van der Waals surface area contributed by atoms with E-state index in [2.05, 4.69) is 4.98 Å². The van der Waals surface area contributed by atoms with Gasteiger partial charge in [0.25, 0.3) is 0 Å². The second kappa shape index (κ2) is 6.82. The predicted molar refractivity (Wildman–Crippen MR) is 74.7 cm³/mol. The van der Waals surface area contributed by atoms with Gasteiger partial charge in [-0.1, -0.05) is 24.3 Å². The maximum absolute atomic E-state index is 9.14. The molecule has 1 aromatic heterocycles. The van der Waals surface area contributed by atoms with E-state index in [9.17, 15) is 0 Å². The first-order chi connectivity index (χ1) is 8.26. The van der Waals surface area contributed by atoms with Crippen LogP contribution in [0.1, 0.15) is 17.3 Å². The molecule has 0 bridgehead atoms. The van der Waals surface area contributed by atoms with E-state index in [0.717, 1.165) is 16.0 Å². The van der Waals surface area contributed by atoms with E-state index >= 15 is 0 Å². The highest BCUT2D eigenvalue weighted by Crippen LogP contribution is 2.28. The molecule has 4 N–H and O–H groups in total. The van der Waals surface area contributed by atoms with E-state index in [4.69, 9.17) is 15.9 Å². The second-order valence-electron chi connectivity index (χ2n) is 3.70. The first-order valence-electron chi connectivity index (χ1n) is 5.26. The summed E-state index contributed by atoms with van der Waals surface area (Å²) in [5.41, 5.74) is 10.0. The largest absolute Gasteiger partial charge is 0.394 e. The minimum absolute atomic E-state index is 0. The van der Waals surface area contributed by atoms with Crippen LogP contribution >= 0.6 is 23.7 Å². The number of halogens is 1. The third kappa shape index (κ3) is 3.07. The highest BCUT2D eigenvalue weighted by molar-refractivity contribution is 7.13. The molecule has 1 heterocycles. The van der Waals surface area contributed by atoms with E-state index in [-0.39, 0.29) is 31.7 Å². The molecule has 0 spiro atoms. The maximum atomic E-state index is 9.14. The minimum atomic E-state index is -0.345. The molecular weight excluding hydrogens is 272 g/mol. The van der Waals surface area contributed by atoms with Crippen LogP contribution in [0, 0.1) is 0 Å². The Labute approximate surface area is 116 Å². The van der Waals surface area contributed by atoms with Gasteiger partial charge in [-0.05, 0) is 11.1 Å². The van der Waals surface area contributed by atoms with Crippen LogP contribution in [0.2, 0.25) is 0 Å². The maximum Gasteiger partial charge on any atom is 0.0867 e. The average molecular weight is 287 g/mol. The number of nitrogens with two attached hydrogens (primary N) is 1. The van der Waals surface area contributed by atoms with Crippen LogP contribution in [0.15, 0.2) is 29.8 Å². The van der Waals surface area contributed by atoms with Gasteiger partial charge in [-0.15, -0.1) is 23.7 Å². The third-order valence-corrected chi connectivity index (χ3v) is 3.51. The van der Waals surface area contributed by atoms with Gasteiger partial charge in [0, 0.05) is 0 Å². The van der Waals surface area contributed by atoms with E-state index in [0.29, 0.717) is 5.69 Å². The molecule has 1 atom stereocenters. The van der Waals surface area contributed by atoms with Crippen LogP contribution < -0.4 is 5.73 Å². The molecule has 6 heteroatoms. The number of aliphatic hydroxyl groups excluding tert-OH is 2. The van der Waals surface area contributed by atoms with Gasteiger partial charge >= 0.3 is 0 Å². The number of aliphatic hydroxyl groups is 2. The Balaban J connectivity index is 0.00000162. The second-order valence-corrected chi connectivity index (χ2v) is 4.55. The molecule has 0 amide bonds. The molecular formula is C12H15ClN2O2S. The number of hydrogen-bond acceptors (Lipinski definition) is 5. The molecule has 2 rings (SSSR count). The number of nitrogens with zero attached hydrogens (tertiary/aromatic N) is 1. The highest BCUT2D eigenvalue weighted by atomic mass is 35.5. The van der Waals surface area contributed by atoms with Gasteiger partial charge in [0.15, 0.2) is 0 Å². The molecule has 2 aromatic rings. The van der Waals surface area contributed by atoms with E-state index < -0.39 is 0 Å². The Morgan fingerprint density at radius 3 is 2.44 bits per heavy atom. The number of aromatic nitrogens is 1. The molecule has 0 aliphatic heterocycles. The van der Waals surface area contributed by atoms with Crippen LogP contribution in [0.4, 0.5) is 0 Å². The fraction of sp³-hybridized carbons (Fsp3) is 0.250. The number of rotatable bonds is 4. The summed E-state index contributed by atoms with van der Waals surface area (Å²) in [5.74, 6) is 0. The van der Waals surface area contributed by atoms with Crippen molar-refractivity contribution in [2.45, 2.75) is 12.6 Å². The lowest BCUT2D eigenvalue weighted by atomic mass is 10.0. The molecule has 0 radical (unpaired) electrons. The van der Waals surface area contributed by atoms with Gasteiger partial charge in [0.1, 0.15) is 0 Å². The number of benzene rings is 1. The van der Waals surface area contributed by atoms with Crippen molar-refractivity contribution in [2.24, 2.45) is 5.73 Å². The van der Waals surface area contributed by atoms with Gasteiger partial charge < -0.3 is 15.9 Å². The van der Waals surface area contributed by atoms with Crippen molar-refractivity contribution in [1.82, 2.24) is 4.98 Å². The smallest absolute Gasteiger partial charge is 0.0867 e. The highest BCUT2D eigenvalue weighted by Gasteiger charge is 2.09. The van der Waals surface area contributed by atoms with Crippen LogP contribution in [-0.2, 0) is 6.61 Å². The van der Waals surface area contributed by atoms with Crippen LogP contribution in [0.5, 0.6) is 0 Å². The zero-order valence-electron chi connectivity index (χ0n) is 9.61. The van der Waals surface area contributed by atoms with Crippen molar-refractivity contribution in [3.05, 3.63) is 41.0 Å². The standard InChI is InChI=1S/C12H14N2O2S.ClH/c13-10(5-15)8-1-3-9(4-2-8)12-11(6-16)14-7-17-12;/h1-4,7,10,15-16H,5-6,13H2;1H. The number of hydrogen-bond donors (Lipinski definition) is 3. The van der Waals surface area contributed by atoms with E-state index in [1.165, 1.54) is 11.3 Å². The summed E-state index contributed by atoms with van der Waals surface area (Å²) in [5, 5.41) is 18.1. The molecule has 1 unspecified atom stereocenters. The van der Waals surface area contributed by atoms with Crippen molar-refractivity contribution in [1.29, 1.82) is 0 Å². The predicted octanol–water partition coefficient (Wildman–Crippen LogP) is 1.72. The van der Waals surface area contributed by atoms with Gasteiger partial charge in [0.2, 0.25) is 0 Å². The fourth-order valence-corrected chi connectivity index (χ4v) is 2.41. The monoisotopic (exact) mass is 286 g/mol. The first kappa shape index (κ1) is 15.1. The molecule has 1 aromatic carbocycles. The van der Waals surface area contributed by atoms with Crippen molar-refractivity contribution in [2.75, 3.05) is 6.61 Å². The van der Waals surface area contributed by atoms with Crippen molar-refractivity contribution in [3.8, 4) is 10.4 Å². The lowest BCUT2D eigenvalue weighted by molar-refractivity contribution is 0.268. The normalized spacial score (nSPS) is 11.9. The molecule has 0 saturated carbocycles. The van der Waals surface area contributed by atoms with Crippen molar-refractivity contribution >= 4 is 23.7 Å². The molecule has 4 nitrogen and oxygen atoms in total.